The quantitative estimate of drug-likeness (QED) is 0.378. The highest BCUT2D eigenvalue weighted by molar-refractivity contribution is 7.44. The van der Waals surface area contributed by atoms with Crippen molar-refractivity contribution in [1.82, 2.24) is 10.1 Å². The third kappa shape index (κ3) is 5.73. The Labute approximate surface area is 190 Å². The van der Waals surface area contributed by atoms with Crippen molar-refractivity contribution in [2.75, 3.05) is 6.73 Å². The molecular formula is C23H21N3O6P-. The molecule has 0 bridgehead atoms. The molecule has 2 unspecified atom stereocenters. The smallest absolute Gasteiger partial charge is 0.266 e. The maximum absolute atomic E-state index is 12.5. The summed E-state index contributed by atoms with van der Waals surface area (Å²) in [5.74, 6) is 0.386. The van der Waals surface area contributed by atoms with E-state index in [4.69, 9.17) is 15.2 Å². The topological polar surface area (TPSA) is 142 Å². The monoisotopic (exact) mass is 466 g/mol. The Kier molecular flexibility index (Phi) is 6.69. The van der Waals surface area contributed by atoms with Gasteiger partial charge in [-0.1, -0.05) is 65.8 Å². The Morgan fingerprint density at radius 1 is 1.18 bits per heavy atom. The number of nitrogens with two attached hydrogens (primary N) is 1. The molecular weight excluding hydrogens is 445 g/mol. The lowest BCUT2D eigenvalue weighted by molar-refractivity contribution is -0.222. The maximum atomic E-state index is 12.5. The molecule has 0 fully saturated rings. The van der Waals surface area contributed by atoms with E-state index in [2.05, 4.69) is 9.68 Å². The first-order chi connectivity index (χ1) is 15.8. The highest BCUT2D eigenvalue weighted by atomic mass is 31.2. The number of hydrogen-bond acceptors (Lipinski definition) is 8. The van der Waals surface area contributed by atoms with Crippen LogP contribution < -0.4 is 10.6 Å². The van der Waals surface area contributed by atoms with E-state index in [0.717, 1.165) is 5.56 Å². The van der Waals surface area contributed by atoms with Crippen molar-refractivity contribution in [2.24, 2.45) is 5.73 Å². The zero-order chi connectivity index (χ0) is 23.4. The van der Waals surface area contributed by atoms with Crippen LogP contribution in [-0.4, -0.2) is 33.6 Å². The Hall–Kier alpha value is -3.33. The van der Waals surface area contributed by atoms with Gasteiger partial charge in [-0.3, -0.25) is 13.9 Å². The number of ketones is 1. The van der Waals surface area contributed by atoms with Crippen LogP contribution in [0.1, 0.15) is 32.9 Å². The predicted octanol–water partition coefficient (Wildman–Crippen LogP) is 2.43. The Morgan fingerprint density at radius 2 is 1.88 bits per heavy atom. The fourth-order valence-electron chi connectivity index (χ4n) is 3.39. The second kappa shape index (κ2) is 9.66. The van der Waals surface area contributed by atoms with E-state index >= 15 is 0 Å². The standard InChI is InChI=1S/C23H22N3O6P/c24-23-20(7-4-12-26(23)15-31-33(28,29)30)21-14-19(25-32-21)13-16-8-10-18(11-9-16)22(27)17-5-2-1-3-6-17/h1-12,14,23H,13,15,24H2,(H2,28,29,30)/p-1. The molecule has 0 saturated heterocycles. The number of aromatic nitrogens is 1. The van der Waals surface area contributed by atoms with Crippen LogP contribution in [0.25, 0.3) is 5.57 Å². The molecule has 2 atom stereocenters. The summed E-state index contributed by atoms with van der Waals surface area (Å²) in [4.78, 5) is 33.6. The number of benzene rings is 2. The number of carbonyl (C=O) groups excluding carboxylic acids is 1. The van der Waals surface area contributed by atoms with Crippen molar-refractivity contribution in [3.8, 4) is 0 Å². The molecule has 3 N–H and O–H groups in total. The molecule has 9 nitrogen and oxygen atoms in total. The first kappa shape index (κ1) is 22.8. The second-order valence-electron chi connectivity index (χ2n) is 7.40. The third-order valence-electron chi connectivity index (χ3n) is 5.08. The molecule has 2 heterocycles. The average molecular weight is 466 g/mol. The number of phosphoric acid groups is 1. The van der Waals surface area contributed by atoms with E-state index in [1.54, 1.807) is 48.7 Å². The molecule has 170 valence electrons. The molecule has 0 saturated carbocycles. The van der Waals surface area contributed by atoms with Crippen LogP contribution in [-0.2, 0) is 15.5 Å². The van der Waals surface area contributed by atoms with Crippen LogP contribution in [0.3, 0.4) is 0 Å². The highest BCUT2D eigenvalue weighted by Crippen LogP contribution is 2.32. The van der Waals surface area contributed by atoms with E-state index < -0.39 is 20.7 Å². The summed E-state index contributed by atoms with van der Waals surface area (Å²) in [7, 11) is -4.87. The van der Waals surface area contributed by atoms with Gasteiger partial charge in [0.05, 0.1) is 5.69 Å². The van der Waals surface area contributed by atoms with Crippen molar-refractivity contribution in [3.05, 3.63) is 107 Å². The fraction of sp³-hybridized carbons (Fsp3) is 0.130. The van der Waals surface area contributed by atoms with Crippen LogP contribution in [0.4, 0.5) is 0 Å². The number of hydrogen-bond donors (Lipinski definition) is 2. The van der Waals surface area contributed by atoms with Crippen molar-refractivity contribution in [2.45, 2.75) is 12.6 Å². The Balaban J connectivity index is 1.42. The minimum absolute atomic E-state index is 0.0415. The summed E-state index contributed by atoms with van der Waals surface area (Å²) < 4.78 is 20.7. The van der Waals surface area contributed by atoms with Gasteiger partial charge in [0.25, 0.3) is 7.82 Å². The van der Waals surface area contributed by atoms with Gasteiger partial charge in [0.2, 0.25) is 0 Å². The lowest BCUT2D eigenvalue weighted by Crippen LogP contribution is -2.41. The van der Waals surface area contributed by atoms with Crippen molar-refractivity contribution < 1.29 is 28.2 Å². The van der Waals surface area contributed by atoms with Crippen molar-refractivity contribution >= 4 is 19.2 Å². The Bertz CT molecular complexity index is 1230. The summed E-state index contributed by atoms with van der Waals surface area (Å²) in [6.45, 7) is -0.443. The molecule has 0 radical (unpaired) electrons. The molecule has 1 aliphatic rings. The van der Waals surface area contributed by atoms with Crippen molar-refractivity contribution in [3.63, 3.8) is 0 Å². The van der Waals surface area contributed by atoms with Gasteiger partial charge in [-0.2, -0.15) is 0 Å². The molecule has 3 aromatic rings. The van der Waals surface area contributed by atoms with Crippen molar-refractivity contribution in [1.29, 1.82) is 0 Å². The molecule has 0 amide bonds. The number of allylic oxidation sites excluding steroid dienone is 2. The van der Waals surface area contributed by atoms with Crippen LogP contribution in [0.5, 0.6) is 0 Å². The summed E-state index contributed by atoms with van der Waals surface area (Å²) in [6, 6.07) is 18.1. The highest BCUT2D eigenvalue weighted by Gasteiger charge is 2.24. The van der Waals surface area contributed by atoms with E-state index in [9.17, 15) is 14.3 Å². The van der Waals surface area contributed by atoms with Gasteiger partial charge < -0.3 is 24.9 Å². The lowest BCUT2D eigenvalue weighted by Gasteiger charge is -2.31. The summed E-state index contributed by atoms with van der Waals surface area (Å²) >= 11 is 0. The molecule has 1 aromatic heterocycles. The number of nitrogens with zero attached hydrogens (tertiary/aromatic N) is 2. The normalized spacial score (nSPS) is 17.5. The second-order valence-corrected chi connectivity index (χ2v) is 8.60. The summed E-state index contributed by atoms with van der Waals surface area (Å²) in [6.07, 6.45) is 4.65. The molecule has 0 aliphatic carbocycles. The molecule has 2 aromatic carbocycles. The molecule has 4 rings (SSSR count). The number of phosphoric ester groups is 1. The van der Waals surface area contributed by atoms with Gasteiger partial charge in [0.1, 0.15) is 12.9 Å². The predicted molar refractivity (Wildman–Crippen MR) is 118 cm³/mol. The van der Waals surface area contributed by atoms with Gasteiger partial charge in [-0.05, 0) is 11.6 Å². The van der Waals surface area contributed by atoms with Gasteiger partial charge >= 0.3 is 0 Å². The van der Waals surface area contributed by atoms with Crippen LogP contribution >= 0.6 is 7.82 Å². The first-order valence-corrected chi connectivity index (χ1v) is 11.5. The zero-order valence-corrected chi connectivity index (χ0v) is 18.3. The van der Waals surface area contributed by atoms with Gasteiger partial charge in [0, 0.05) is 35.4 Å². The minimum atomic E-state index is -4.87. The molecule has 33 heavy (non-hydrogen) atoms. The number of rotatable bonds is 8. The van der Waals surface area contributed by atoms with Crippen LogP contribution in [0.15, 0.2) is 83.5 Å². The van der Waals surface area contributed by atoms with Crippen LogP contribution in [0, 0.1) is 0 Å². The maximum Gasteiger partial charge on any atom is 0.266 e. The van der Waals surface area contributed by atoms with Gasteiger partial charge in [-0.25, -0.2) is 0 Å². The van der Waals surface area contributed by atoms with Gasteiger partial charge in [0.15, 0.2) is 11.5 Å². The first-order valence-electron chi connectivity index (χ1n) is 10.0. The summed E-state index contributed by atoms with van der Waals surface area (Å²) in [5, 5.41) is 4.09. The molecule has 10 heteroatoms. The Morgan fingerprint density at radius 3 is 2.58 bits per heavy atom. The zero-order valence-electron chi connectivity index (χ0n) is 17.4. The fourth-order valence-corrected chi connectivity index (χ4v) is 3.67. The lowest BCUT2D eigenvalue weighted by atomic mass is 10.0. The molecule has 0 spiro atoms. The minimum Gasteiger partial charge on any atom is -0.756 e. The SMILES string of the molecule is NC1C(c2cc(Cc3ccc(C(=O)c4ccccc4)cc3)no2)=CC=CN1COP(=O)([O-])O. The number of carbonyl (C=O) groups is 1. The van der Waals surface area contributed by atoms with E-state index in [1.165, 1.54) is 4.90 Å². The summed E-state index contributed by atoms with van der Waals surface area (Å²) in [5.41, 5.74) is 9.59. The molecule has 1 aliphatic heterocycles. The third-order valence-corrected chi connectivity index (χ3v) is 5.52. The van der Waals surface area contributed by atoms with Crippen LogP contribution in [0.2, 0.25) is 0 Å². The average Bonchev–Trinajstić information content (AvgIpc) is 3.26. The largest absolute Gasteiger partial charge is 0.756 e. The van der Waals surface area contributed by atoms with E-state index in [0.29, 0.717) is 34.6 Å². The van der Waals surface area contributed by atoms with Gasteiger partial charge in [-0.15, -0.1) is 0 Å². The van der Waals surface area contributed by atoms with E-state index in [1.807, 2.05) is 30.3 Å². The van der Waals surface area contributed by atoms with E-state index in [-0.39, 0.29) is 5.78 Å².